The van der Waals surface area contributed by atoms with E-state index in [0.717, 1.165) is 27.8 Å². The van der Waals surface area contributed by atoms with E-state index < -0.39 is 34.8 Å². The van der Waals surface area contributed by atoms with Crippen molar-refractivity contribution in [3.8, 4) is 0 Å². The lowest BCUT2D eigenvalue weighted by molar-refractivity contribution is -0.457. The summed E-state index contributed by atoms with van der Waals surface area (Å²) < 4.78 is 0. The van der Waals surface area contributed by atoms with Crippen LogP contribution in [0.15, 0.2) is 0 Å². The van der Waals surface area contributed by atoms with Gasteiger partial charge in [0, 0.05) is 38.3 Å². The zero-order chi connectivity index (χ0) is 27.5. The van der Waals surface area contributed by atoms with Crippen molar-refractivity contribution in [1.29, 1.82) is 0 Å². The average molecular weight is 494 g/mol. The molecule has 9 N–H and O–H groups in total. The number of carboxylic acids is 2. The minimum absolute atomic E-state index is 0.00649. The molecule has 35 heavy (non-hydrogen) atoms. The molecule has 0 saturated heterocycles. The van der Waals surface area contributed by atoms with E-state index in [9.17, 15) is 29.1 Å². The van der Waals surface area contributed by atoms with Crippen molar-refractivity contribution in [2.75, 3.05) is 0 Å². The third-order valence-electron chi connectivity index (χ3n) is 6.95. The number of aliphatic carboxylic acids is 2. The molecular weight excluding hydrogens is 456 g/mol. The number of carbonyl (C=O) groups is 5. The highest BCUT2D eigenvalue weighted by molar-refractivity contribution is 6.03. The number of rotatable bonds is 9. The molecule has 2 unspecified atom stereocenters. The summed E-state index contributed by atoms with van der Waals surface area (Å²) in [5, 5.41) is 18.2. The van der Waals surface area contributed by atoms with Gasteiger partial charge in [0.1, 0.15) is 5.54 Å². The Morgan fingerprint density at radius 2 is 1.31 bits per heavy atom. The molecule has 2 atom stereocenters. The maximum atomic E-state index is 13.0. The molecule has 0 aliphatic carbocycles. The zero-order valence-electron chi connectivity index (χ0n) is 21.3. The Balaban J connectivity index is 0.000000471. The van der Waals surface area contributed by atoms with Crippen LogP contribution in [-0.2, 0) is 25.7 Å². The lowest BCUT2D eigenvalue weighted by Gasteiger charge is -2.34. The van der Waals surface area contributed by atoms with Gasteiger partial charge in [0.2, 0.25) is 11.8 Å². The molecule has 3 amide bonds. The predicted molar refractivity (Wildman–Crippen MR) is 127 cm³/mol. The quantitative estimate of drug-likeness (QED) is 0.325. The predicted octanol–water partition coefficient (Wildman–Crippen LogP) is 0.322. The van der Waals surface area contributed by atoms with E-state index >= 15 is 0 Å². The minimum atomic E-state index is -1.47. The largest absolute Gasteiger partial charge is 0.480 e. The highest BCUT2D eigenvalue weighted by Crippen LogP contribution is 2.38. The topological polar surface area (TPSA) is 209 Å². The number of primary amides is 2. The average Bonchev–Trinajstić information content (AvgIpc) is 3.11. The number of nitrogens with two attached hydrogens (primary N) is 2. The molecule has 0 saturated carbocycles. The number of carbonyl (C=O) groups excluding carboxylic acids is 3. The van der Waals surface area contributed by atoms with Crippen LogP contribution in [0.3, 0.4) is 0 Å². The molecule has 194 valence electrons. The zero-order valence-corrected chi connectivity index (χ0v) is 21.3. The molecular formula is C24H37N4O7+. The Hall–Kier alpha value is -3.47. The Bertz CT molecular complexity index is 1060. The normalized spacial score (nSPS) is 15.9. The van der Waals surface area contributed by atoms with Crippen LogP contribution in [0.1, 0.15) is 77.7 Å². The van der Waals surface area contributed by atoms with Crippen molar-refractivity contribution in [3.05, 3.63) is 33.4 Å². The molecule has 11 nitrogen and oxygen atoms in total. The number of hydrogen-bond donors (Lipinski definition) is 5. The van der Waals surface area contributed by atoms with Gasteiger partial charge in [-0.3, -0.25) is 14.4 Å². The van der Waals surface area contributed by atoms with Gasteiger partial charge in [-0.2, -0.15) is 0 Å². The number of quaternary nitrogens is 1. The van der Waals surface area contributed by atoms with E-state index in [1.54, 1.807) is 0 Å². The van der Waals surface area contributed by atoms with Gasteiger partial charge in [0.15, 0.2) is 5.54 Å². The molecule has 0 bridgehead atoms. The fraction of sp³-hybridized carbons (Fsp3) is 0.542. The maximum absolute atomic E-state index is 13.0. The van der Waals surface area contributed by atoms with Crippen molar-refractivity contribution in [1.82, 2.24) is 4.90 Å². The molecule has 2 rings (SSSR count). The lowest BCUT2D eigenvalue weighted by atomic mass is 9.90. The molecule has 1 aromatic carbocycles. The Morgan fingerprint density at radius 3 is 1.74 bits per heavy atom. The fourth-order valence-electron chi connectivity index (χ4n) is 3.87. The van der Waals surface area contributed by atoms with Crippen LogP contribution < -0.4 is 17.2 Å². The maximum Gasteiger partial charge on any atom is 0.365 e. The molecule has 0 aromatic heterocycles. The van der Waals surface area contributed by atoms with Gasteiger partial charge in [-0.1, -0.05) is 0 Å². The first-order chi connectivity index (χ1) is 15.9. The molecule has 1 heterocycles. The van der Waals surface area contributed by atoms with Gasteiger partial charge in [0.25, 0.3) is 5.91 Å². The highest BCUT2D eigenvalue weighted by atomic mass is 16.4. The van der Waals surface area contributed by atoms with Crippen molar-refractivity contribution in [3.63, 3.8) is 0 Å². The van der Waals surface area contributed by atoms with Gasteiger partial charge < -0.3 is 32.3 Å². The summed E-state index contributed by atoms with van der Waals surface area (Å²) in [4.78, 5) is 58.0. The van der Waals surface area contributed by atoms with Crippen LogP contribution in [0, 0.1) is 27.7 Å². The second-order valence-corrected chi connectivity index (χ2v) is 9.62. The second-order valence-electron chi connectivity index (χ2n) is 9.62. The van der Waals surface area contributed by atoms with Gasteiger partial charge in [-0.25, -0.2) is 9.59 Å². The number of amides is 3. The van der Waals surface area contributed by atoms with E-state index in [1.165, 1.54) is 18.7 Å². The lowest BCUT2D eigenvalue weighted by Crippen LogP contribution is -2.75. The summed E-state index contributed by atoms with van der Waals surface area (Å²) in [6.07, 6.45) is 0.149. The van der Waals surface area contributed by atoms with Crippen LogP contribution in [0.25, 0.3) is 0 Å². The standard InChI is InChI=1S/C18H24N2O4.C6H12N2O3/c1-9-10(2)12(4)15-13(11(9)3)8-20(16(15)22)18(5,17(23)24)7-6-14(19)21;1-6(8,5(10)11)3-2-4(7)9/h6-8H2,1-5H3,(H2,19,21)(H,23,24);2-3,8H2,1H3,(H2,7,9)(H,10,11)/p+1. The van der Waals surface area contributed by atoms with Crippen LogP contribution >= 0.6 is 0 Å². The van der Waals surface area contributed by atoms with Crippen LogP contribution in [0.4, 0.5) is 0 Å². The third kappa shape index (κ3) is 6.36. The number of fused-ring (bicyclic) bond motifs is 1. The van der Waals surface area contributed by atoms with Gasteiger partial charge in [-0.15, -0.1) is 0 Å². The van der Waals surface area contributed by atoms with Gasteiger partial charge >= 0.3 is 11.9 Å². The van der Waals surface area contributed by atoms with Crippen molar-refractivity contribution >= 4 is 29.7 Å². The smallest absolute Gasteiger partial charge is 0.365 e. The Kier molecular flexibility index (Phi) is 9.17. The van der Waals surface area contributed by atoms with E-state index in [2.05, 4.69) is 5.73 Å². The molecule has 0 radical (unpaired) electrons. The number of nitrogens with zero attached hydrogens (tertiary/aromatic N) is 1. The monoisotopic (exact) mass is 493 g/mol. The van der Waals surface area contributed by atoms with Crippen molar-refractivity contribution < 1.29 is 39.9 Å². The van der Waals surface area contributed by atoms with Crippen molar-refractivity contribution in [2.24, 2.45) is 11.5 Å². The Labute approximate surface area is 204 Å². The summed E-state index contributed by atoms with van der Waals surface area (Å²) in [6, 6.07) is 0. The molecule has 11 heteroatoms. The number of hydrogen-bond acceptors (Lipinski definition) is 5. The van der Waals surface area contributed by atoms with E-state index in [-0.39, 0.29) is 38.1 Å². The first-order valence-corrected chi connectivity index (χ1v) is 11.2. The molecule has 0 fully saturated rings. The van der Waals surface area contributed by atoms with Gasteiger partial charge in [-0.05, 0) is 68.9 Å². The van der Waals surface area contributed by atoms with E-state index in [1.807, 2.05) is 27.7 Å². The SMILES string of the molecule is CC([NH3+])(CCC(N)=O)C(=O)O.Cc1c(C)c(C)c2c(c1C)CN(C(C)(CCC(N)=O)C(=O)O)C2=O. The molecule has 0 spiro atoms. The number of benzene rings is 1. The van der Waals surface area contributed by atoms with Crippen LogP contribution in [0.2, 0.25) is 0 Å². The third-order valence-corrected chi connectivity index (χ3v) is 6.95. The highest BCUT2D eigenvalue weighted by Gasteiger charge is 2.47. The van der Waals surface area contributed by atoms with Gasteiger partial charge in [0.05, 0.1) is 0 Å². The molecule has 1 aliphatic heterocycles. The fourth-order valence-corrected chi connectivity index (χ4v) is 3.87. The van der Waals surface area contributed by atoms with Crippen LogP contribution in [-0.4, -0.2) is 55.9 Å². The molecule has 1 aromatic rings. The summed E-state index contributed by atoms with van der Waals surface area (Å²) in [5.74, 6) is -3.51. The second kappa shape index (κ2) is 10.9. The van der Waals surface area contributed by atoms with Crippen LogP contribution in [0.5, 0.6) is 0 Å². The molecule has 1 aliphatic rings. The Morgan fingerprint density at radius 1 is 0.857 bits per heavy atom. The summed E-state index contributed by atoms with van der Waals surface area (Å²) in [6.45, 7) is 11.0. The summed E-state index contributed by atoms with van der Waals surface area (Å²) in [7, 11) is 0. The first kappa shape index (κ1) is 29.6. The number of carboxylic acid groups (broad SMARTS) is 2. The van der Waals surface area contributed by atoms with E-state index in [0.29, 0.717) is 5.56 Å². The van der Waals surface area contributed by atoms with Crippen molar-refractivity contribution in [2.45, 2.75) is 84.8 Å². The minimum Gasteiger partial charge on any atom is -0.480 e. The summed E-state index contributed by atoms with van der Waals surface area (Å²) in [5.41, 5.74) is 16.4. The summed E-state index contributed by atoms with van der Waals surface area (Å²) >= 11 is 0. The van der Waals surface area contributed by atoms with E-state index in [4.69, 9.17) is 16.6 Å². The first-order valence-electron chi connectivity index (χ1n) is 11.2.